The predicted molar refractivity (Wildman–Crippen MR) is 141 cm³/mol. The molecule has 1 amide bonds. The average Bonchev–Trinajstić information content (AvgIpc) is 2.95. The van der Waals surface area contributed by atoms with Crippen LogP contribution in [0, 0.1) is 0 Å². The number of benzene rings is 3. The standard InChI is InChI=1S/C28H27N3O7/c1-16(18-7-11-21(27(34)38-4)24(14-18)37-3)31-26(33)22-13-19(8-12-23(22)30-28(31)35)25(32)29-15-17-5-9-20(36-2)10-6-17/h5-14,16H,15H2,1-4H3,(H,29,32)(H,30,35). The van der Waals surface area contributed by atoms with Gasteiger partial charge in [-0.15, -0.1) is 0 Å². The summed E-state index contributed by atoms with van der Waals surface area (Å²) in [6.07, 6.45) is 0. The van der Waals surface area contributed by atoms with Gasteiger partial charge in [0, 0.05) is 12.1 Å². The molecule has 0 aliphatic heterocycles. The molecule has 0 bridgehead atoms. The number of H-pyrrole nitrogens is 1. The van der Waals surface area contributed by atoms with E-state index >= 15 is 0 Å². The van der Waals surface area contributed by atoms with Crippen molar-refractivity contribution in [3.8, 4) is 11.5 Å². The van der Waals surface area contributed by atoms with Crippen molar-refractivity contribution in [3.63, 3.8) is 0 Å². The molecule has 196 valence electrons. The topological polar surface area (TPSA) is 129 Å². The smallest absolute Gasteiger partial charge is 0.341 e. The number of carbonyl (C=O) groups is 2. The van der Waals surface area contributed by atoms with Gasteiger partial charge in [0.25, 0.3) is 11.5 Å². The molecular formula is C28H27N3O7. The molecule has 1 unspecified atom stereocenters. The highest BCUT2D eigenvalue weighted by Crippen LogP contribution is 2.26. The van der Waals surface area contributed by atoms with Crippen molar-refractivity contribution in [1.29, 1.82) is 0 Å². The summed E-state index contributed by atoms with van der Waals surface area (Å²) in [6.45, 7) is 1.97. The number of methoxy groups -OCH3 is 3. The third-order valence-electron chi connectivity index (χ3n) is 6.30. The van der Waals surface area contributed by atoms with Gasteiger partial charge in [0.2, 0.25) is 0 Å². The molecule has 1 heterocycles. The number of hydrogen-bond acceptors (Lipinski definition) is 7. The van der Waals surface area contributed by atoms with Gasteiger partial charge in [0.15, 0.2) is 0 Å². The third kappa shape index (κ3) is 5.15. The van der Waals surface area contributed by atoms with Gasteiger partial charge >= 0.3 is 11.7 Å². The maximum atomic E-state index is 13.4. The van der Waals surface area contributed by atoms with E-state index in [0.29, 0.717) is 16.8 Å². The fraction of sp³-hybridized carbons (Fsp3) is 0.214. The van der Waals surface area contributed by atoms with Crippen LogP contribution in [0.1, 0.15) is 44.8 Å². The zero-order valence-electron chi connectivity index (χ0n) is 21.4. The summed E-state index contributed by atoms with van der Waals surface area (Å²) in [4.78, 5) is 53.8. The van der Waals surface area contributed by atoms with Gasteiger partial charge < -0.3 is 24.5 Å². The van der Waals surface area contributed by atoms with Crippen LogP contribution in [-0.2, 0) is 11.3 Å². The zero-order chi connectivity index (χ0) is 27.4. The van der Waals surface area contributed by atoms with Crippen LogP contribution in [0.5, 0.6) is 11.5 Å². The molecule has 4 rings (SSSR count). The van der Waals surface area contributed by atoms with Crippen LogP contribution in [0.3, 0.4) is 0 Å². The van der Waals surface area contributed by atoms with E-state index in [-0.39, 0.29) is 34.7 Å². The fourth-order valence-corrected chi connectivity index (χ4v) is 4.14. The second kappa shape index (κ2) is 11.0. The third-order valence-corrected chi connectivity index (χ3v) is 6.30. The van der Waals surface area contributed by atoms with Crippen molar-refractivity contribution in [2.24, 2.45) is 0 Å². The predicted octanol–water partition coefficient (Wildman–Crippen LogP) is 3.03. The number of rotatable bonds is 8. The summed E-state index contributed by atoms with van der Waals surface area (Å²) in [5.74, 6) is 0.0323. The second-order valence-electron chi connectivity index (χ2n) is 8.52. The number of hydrogen-bond donors (Lipinski definition) is 2. The minimum absolute atomic E-state index is 0.187. The first-order valence-electron chi connectivity index (χ1n) is 11.7. The minimum Gasteiger partial charge on any atom is -0.497 e. The first kappa shape index (κ1) is 26.2. The molecule has 0 saturated heterocycles. The number of fused-ring (bicyclic) bond motifs is 1. The van der Waals surface area contributed by atoms with Gasteiger partial charge in [-0.3, -0.25) is 14.2 Å². The Morgan fingerprint density at radius 3 is 2.34 bits per heavy atom. The summed E-state index contributed by atoms with van der Waals surface area (Å²) in [5, 5.41) is 3.02. The highest BCUT2D eigenvalue weighted by atomic mass is 16.5. The number of amides is 1. The van der Waals surface area contributed by atoms with E-state index in [1.165, 1.54) is 32.4 Å². The molecule has 2 N–H and O–H groups in total. The Morgan fingerprint density at radius 1 is 0.947 bits per heavy atom. The molecule has 0 saturated carbocycles. The summed E-state index contributed by atoms with van der Waals surface area (Å²) in [5.41, 5.74) is 1.09. The Morgan fingerprint density at radius 2 is 1.68 bits per heavy atom. The molecule has 1 aromatic heterocycles. The van der Waals surface area contributed by atoms with Gasteiger partial charge in [-0.25, -0.2) is 9.59 Å². The molecule has 10 nitrogen and oxygen atoms in total. The Labute approximate surface area is 217 Å². The summed E-state index contributed by atoms with van der Waals surface area (Å²) in [7, 11) is 4.25. The number of aromatic amines is 1. The van der Waals surface area contributed by atoms with Crippen LogP contribution in [0.15, 0.2) is 70.3 Å². The monoisotopic (exact) mass is 517 g/mol. The molecule has 0 radical (unpaired) electrons. The fourth-order valence-electron chi connectivity index (χ4n) is 4.14. The second-order valence-corrected chi connectivity index (χ2v) is 8.52. The number of ether oxygens (including phenoxy) is 3. The highest BCUT2D eigenvalue weighted by Gasteiger charge is 2.20. The van der Waals surface area contributed by atoms with Crippen molar-refractivity contribution >= 4 is 22.8 Å². The quantitative estimate of drug-likeness (QED) is 0.344. The molecule has 10 heteroatoms. The van der Waals surface area contributed by atoms with Crippen LogP contribution in [-0.4, -0.2) is 42.8 Å². The summed E-state index contributed by atoms with van der Waals surface area (Å²) in [6, 6.07) is 15.8. The lowest BCUT2D eigenvalue weighted by Gasteiger charge is -2.17. The lowest BCUT2D eigenvalue weighted by atomic mass is 10.0. The number of esters is 1. The van der Waals surface area contributed by atoms with Crippen molar-refractivity contribution < 1.29 is 23.8 Å². The first-order chi connectivity index (χ1) is 18.3. The van der Waals surface area contributed by atoms with Gasteiger partial charge in [-0.05, 0) is 60.5 Å². The maximum absolute atomic E-state index is 13.4. The molecular weight excluding hydrogens is 490 g/mol. The van der Waals surface area contributed by atoms with E-state index < -0.39 is 23.3 Å². The maximum Gasteiger partial charge on any atom is 0.341 e. The average molecular weight is 518 g/mol. The van der Waals surface area contributed by atoms with E-state index in [2.05, 4.69) is 10.3 Å². The van der Waals surface area contributed by atoms with Crippen LogP contribution < -0.4 is 26.0 Å². The molecule has 3 aromatic carbocycles. The minimum atomic E-state index is -0.705. The molecule has 0 aliphatic rings. The lowest BCUT2D eigenvalue weighted by molar-refractivity contribution is 0.0597. The van der Waals surface area contributed by atoms with E-state index in [4.69, 9.17) is 14.2 Å². The Kier molecular flexibility index (Phi) is 7.61. The lowest BCUT2D eigenvalue weighted by Crippen LogP contribution is -2.37. The van der Waals surface area contributed by atoms with E-state index in [1.54, 1.807) is 44.4 Å². The van der Waals surface area contributed by atoms with Crippen molar-refractivity contribution in [1.82, 2.24) is 14.9 Å². The summed E-state index contributed by atoms with van der Waals surface area (Å²) >= 11 is 0. The highest BCUT2D eigenvalue weighted by molar-refractivity contribution is 5.97. The molecule has 0 spiro atoms. The van der Waals surface area contributed by atoms with Crippen molar-refractivity contribution in [2.45, 2.75) is 19.5 Å². The van der Waals surface area contributed by atoms with E-state index in [9.17, 15) is 19.2 Å². The first-order valence-corrected chi connectivity index (χ1v) is 11.7. The Hall–Kier alpha value is -4.86. The van der Waals surface area contributed by atoms with Crippen LogP contribution >= 0.6 is 0 Å². The van der Waals surface area contributed by atoms with Gasteiger partial charge in [-0.2, -0.15) is 0 Å². The molecule has 0 fully saturated rings. The molecule has 0 aliphatic carbocycles. The molecule has 38 heavy (non-hydrogen) atoms. The SMILES string of the molecule is COC(=O)c1ccc(C(C)n2c(=O)[nH]c3ccc(C(=O)NCc4ccc(OC)cc4)cc3c2=O)cc1OC. The van der Waals surface area contributed by atoms with Crippen LogP contribution in [0.4, 0.5) is 0 Å². The van der Waals surface area contributed by atoms with Crippen molar-refractivity contribution in [3.05, 3.63) is 104 Å². The van der Waals surface area contributed by atoms with Crippen molar-refractivity contribution in [2.75, 3.05) is 21.3 Å². The Bertz CT molecular complexity index is 1620. The van der Waals surface area contributed by atoms with Gasteiger partial charge in [0.1, 0.15) is 17.1 Å². The van der Waals surface area contributed by atoms with Crippen LogP contribution in [0.25, 0.3) is 10.9 Å². The van der Waals surface area contributed by atoms with E-state index in [1.807, 2.05) is 12.1 Å². The zero-order valence-corrected chi connectivity index (χ0v) is 21.4. The Balaban J connectivity index is 1.65. The normalized spacial score (nSPS) is 11.6. The molecule has 1 atom stereocenters. The largest absolute Gasteiger partial charge is 0.497 e. The van der Waals surface area contributed by atoms with E-state index in [0.717, 1.165) is 10.1 Å². The number of carbonyl (C=O) groups excluding carboxylic acids is 2. The van der Waals surface area contributed by atoms with Crippen LogP contribution in [0.2, 0.25) is 0 Å². The van der Waals surface area contributed by atoms with Gasteiger partial charge in [0.05, 0.1) is 38.3 Å². The number of nitrogens with zero attached hydrogens (tertiary/aromatic N) is 1. The number of aromatic nitrogens is 2. The number of nitrogens with one attached hydrogen (secondary N) is 2. The van der Waals surface area contributed by atoms with Gasteiger partial charge in [-0.1, -0.05) is 18.2 Å². The molecule has 4 aromatic rings. The summed E-state index contributed by atoms with van der Waals surface area (Å²) < 4.78 is 16.3.